The van der Waals surface area contributed by atoms with Crippen molar-refractivity contribution in [2.24, 2.45) is 0 Å². The van der Waals surface area contributed by atoms with E-state index in [4.69, 9.17) is 5.73 Å². The normalized spacial score (nSPS) is 10.8. The van der Waals surface area contributed by atoms with Crippen molar-refractivity contribution < 1.29 is 0 Å². The highest BCUT2D eigenvalue weighted by Gasteiger charge is 2.06. The minimum absolute atomic E-state index is 0.0767. The quantitative estimate of drug-likeness (QED) is 0.783. The number of aromatic nitrogens is 1. The molecule has 0 atom stereocenters. The third-order valence-electron chi connectivity index (χ3n) is 3.28. The highest BCUT2D eigenvalue weighted by atomic mass is 79.9. The van der Waals surface area contributed by atoms with Gasteiger partial charge in [-0.15, -0.1) is 0 Å². The molecule has 0 saturated carbocycles. The van der Waals surface area contributed by atoms with Gasteiger partial charge in [-0.1, -0.05) is 42.5 Å². The molecule has 0 aliphatic carbocycles. The largest absolute Gasteiger partial charge is 0.398 e. The minimum Gasteiger partial charge on any atom is -0.398 e. The lowest BCUT2D eigenvalue weighted by Gasteiger charge is -2.10. The molecule has 0 saturated heterocycles. The molecule has 3 rings (SSSR count). The molecule has 20 heavy (non-hydrogen) atoms. The predicted octanol–water partition coefficient (Wildman–Crippen LogP) is 3.39. The molecule has 1 aromatic heterocycles. The number of nitrogens with zero attached hydrogens (tertiary/aromatic N) is 1. The van der Waals surface area contributed by atoms with E-state index in [9.17, 15) is 4.79 Å². The zero-order valence-corrected chi connectivity index (χ0v) is 12.3. The average Bonchev–Trinajstić information content (AvgIpc) is 2.44. The maximum absolute atomic E-state index is 12.1. The summed E-state index contributed by atoms with van der Waals surface area (Å²) in [7, 11) is 0. The smallest absolute Gasteiger partial charge is 0.265 e. The van der Waals surface area contributed by atoms with Crippen LogP contribution in [0.3, 0.4) is 0 Å². The molecule has 0 radical (unpaired) electrons. The number of fused-ring (bicyclic) bond motifs is 1. The fraction of sp³-hybridized carbons (Fsp3) is 0.0625. The monoisotopic (exact) mass is 328 g/mol. The Kier molecular flexibility index (Phi) is 3.32. The Labute approximate surface area is 124 Å². The number of benzene rings is 2. The molecular formula is C16H13BrN2O. The fourth-order valence-corrected chi connectivity index (χ4v) is 2.84. The summed E-state index contributed by atoms with van der Waals surface area (Å²) in [6, 6.07) is 15.9. The van der Waals surface area contributed by atoms with E-state index >= 15 is 0 Å². The molecule has 0 unspecified atom stereocenters. The van der Waals surface area contributed by atoms with Crippen molar-refractivity contribution in [1.82, 2.24) is 4.57 Å². The molecule has 4 heteroatoms. The topological polar surface area (TPSA) is 48.0 Å². The van der Waals surface area contributed by atoms with Gasteiger partial charge in [-0.25, -0.2) is 0 Å². The first-order valence-electron chi connectivity index (χ1n) is 6.27. The molecule has 3 aromatic rings. The third-order valence-corrected chi connectivity index (χ3v) is 3.85. The summed E-state index contributed by atoms with van der Waals surface area (Å²) < 4.78 is 2.11. The van der Waals surface area contributed by atoms with Crippen molar-refractivity contribution in [2.75, 3.05) is 5.73 Å². The number of nitrogen functional groups attached to an aromatic ring is 1. The van der Waals surface area contributed by atoms with Crippen LogP contribution in [0.4, 0.5) is 5.69 Å². The summed E-state index contributed by atoms with van der Waals surface area (Å²) in [5.74, 6) is 0. The van der Waals surface area contributed by atoms with Gasteiger partial charge in [0.05, 0.1) is 11.0 Å². The highest BCUT2D eigenvalue weighted by Crippen LogP contribution is 2.19. The molecule has 3 nitrogen and oxygen atoms in total. The molecule has 0 fully saturated rings. The number of halogens is 1. The van der Waals surface area contributed by atoms with Crippen molar-refractivity contribution in [3.05, 3.63) is 75.1 Å². The molecule has 0 amide bonds. The van der Waals surface area contributed by atoms with Crippen LogP contribution in [0, 0.1) is 0 Å². The summed E-state index contributed by atoms with van der Waals surface area (Å²) >= 11 is 3.25. The van der Waals surface area contributed by atoms with Crippen molar-refractivity contribution in [3.63, 3.8) is 0 Å². The van der Waals surface area contributed by atoms with Gasteiger partial charge in [0.1, 0.15) is 0 Å². The van der Waals surface area contributed by atoms with Gasteiger partial charge in [0.2, 0.25) is 0 Å². The van der Waals surface area contributed by atoms with E-state index in [-0.39, 0.29) is 5.56 Å². The van der Waals surface area contributed by atoms with Gasteiger partial charge in [0, 0.05) is 11.9 Å². The van der Waals surface area contributed by atoms with E-state index in [1.54, 1.807) is 16.8 Å². The van der Waals surface area contributed by atoms with Crippen LogP contribution in [0.5, 0.6) is 0 Å². The lowest BCUT2D eigenvalue weighted by Crippen LogP contribution is -2.21. The molecule has 0 aliphatic rings. The van der Waals surface area contributed by atoms with Crippen molar-refractivity contribution >= 4 is 32.4 Å². The SMILES string of the molecule is Nc1cc(Br)c(=O)n(Cc2cccc3ccccc23)c1. The summed E-state index contributed by atoms with van der Waals surface area (Å²) in [6.07, 6.45) is 1.68. The minimum atomic E-state index is -0.0767. The van der Waals surface area contributed by atoms with Gasteiger partial charge in [0.15, 0.2) is 0 Å². The number of nitrogens with two attached hydrogens (primary N) is 1. The van der Waals surface area contributed by atoms with E-state index in [0.717, 1.165) is 10.9 Å². The first-order chi connectivity index (χ1) is 9.65. The van der Waals surface area contributed by atoms with Crippen LogP contribution in [0.25, 0.3) is 10.8 Å². The Bertz CT molecular complexity index is 834. The fourth-order valence-electron chi connectivity index (χ4n) is 2.35. The van der Waals surface area contributed by atoms with Gasteiger partial charge in [-0.2, -0.15) is 0 Å². The first-order valence-corrected chi connectivity index (χ1v) is 7.06. The van der Waals surface area contributed by atoms with Gasteiger partial charge in [-0.3, -0.25) is 4.79 Å². The van der Waals surface area contributed by atoms with E-state index in [1.807, 2.05) is 24.3 Å². The van der Waals surface area contributed by atoms with Gasteiger partial charge < -0.3 is 10.3 Å². The maximum Gasteiger partial charge on any atom is 0.265 e. The molecule has 100 valence electrons. The second kappa shape index (κ2) is 5.13. The molecule has 0 spiro atoms. The molecule has 2 aromatic carbocycles. The van der Waals surface area contributed by atoms with Crippen LogP contribution in [0.2, 0.25) is 0 Å². The van der Waals surface area contributed by atoms with Gasteiger partial charge in [-0.05, 0) is 38.3 Å². The number of hydrogen-bond acceptors (Lipinski definition) is 2. The maximum atomic E-state index is 12.1. The molecule has 0 aliphatic heterocycles. The van der Waals surface area contributed by atoms with E-state index in [1.165, 1.54) is 5.39 Å². The van der Waals surface area contributed by atoms with E-state index in [0.29, 0.717) is 16.7 Å². The summed E-state index contributed by atoms with van der Waals surface area (Å²) in [4.78, 5) is 12.1. The lowest BCUT2D eigenvalue weighted by molar-refractivity contribution is 0.761. The molecule has 2 N–H and O–H groups in total. The Hall–Kier alpha value is -2.07. The van der Waals surface area contributed by atoms with Crippen LogP contribution >= 0.6 is 15.9 Å². The molecular weight excluding hydrogens is 316 g/mol. The van der Waals surface area contributed by atoms with Crippen LogP contribution in [0.1, 0.15) is 5.56 Å². The lowest BCUT2D eigenvalue weighted by atomic mass is 10.0. The standard InChI is InChI=1S/C16H13BrN2O/c17-15-8-13(18)10-19(16(15)20)9-12-6-3-5-11-4-1-2-7-14(11)12/h1-8,10H,9,18H2. The number of anilines is 1. The van der Waals surface area contributed by atoms with Crippen LogP contribution in [0.15, 0.2) is 64.0 Å². The number of hydrogen-bond donors (Lipinski definition) is 1. The Morgan fingerprint density at radius 3 is 2.70 bits per heavy atom. The van der Waals surface area contributed by atoms with Crippen molar-refractivity contribution in [3.8, 4) is 0 Å². The molecule has 0 bridgehead atoms. The predicted molar refractivity (Wildman–Crippen MR) is 85.9 cm³/mol. The summed E-state index contributed by atoms with van der Waals surface area (Å²) in [5.41, 5.74) is 7.39. The average molecular weight is 329 g/mol. The van der Waals surface area contributed by atoms with Gasteiger partial charge >= 0.3 is 0 Å². The Balaban J connectivity index is 2.13. The van der Waals surface area contributed by atoms with Crippen molar-refractivity contribution in [2.45, 2.75) is 6.54 Å². The second-order valence-electron chi connectivity index (χ2n) is 4.69. The Morgan fingerprint density at radius 2 is 1.85 bits per heavy atom. The van der Waals surface area contributed by atoms with Crippen LogP contribution in [-0.4, -0.2) is 4.57 Å². The number of pyridine rings is 1. The second-order valence-corrected chi connectivity index (χ2v) is 5.55. The molecule has 1 heterocycles. The summed E-state index contributed by atoms with van der Waals surface area (Å²) in [5, 5.41) is 2.32. The first kappa shape index (κ1) is 12.9. The Morgan fingerprint density at radius 1 is 1.10 bits per heavy atom. The van der Waals surface area contributed by atoms with E-state index in [2.05, 4.69) is 34.1 Å². The van der Waals surface area contributed by atoms with Gasteiger partial charge in [0.25, 0.3) is 5.56 Å². The van der Waals surface area contributed by atoms with Crippen LogP contribution in [-0.2, 0) is 6.54 Å². The van der Waals surface area contributed by atoms with Crippen LogP contribution < -0.4 is 11.3 Å². The zero-order valence-electron chi connectivity index (χ0n) is 10.7. The summed E-state index contributed by atoms with van der Waals surface area (Å²) in [6.45, 7) is 0.504. The number of rotatable bonds is 2. The van der Waals surface area contributed by atoms with E-state index < -0.39 is 0 Å². The van der Waals surface area contributed by atoms with Crippen molar-refractivity contribution in [1.29, 1.82) is 0 Å². The zero-order chi connectivity index (χ0) is 14.1. The highest BCUT2D eigenvalue weighted by molar-refractivity contribution is 9.10. The third kappa shape index (κ3) is 2.34.